The average Bonchev–Trinajstić information content (AvgIpc) is 2.96. The zero-order chi connectivity index (χ0) is 19.9. The third-order valence-electron chi connectivity index (χ3n) is 5.73. The van der Waals surface area contributed by atoms with Gasteiger partial charge < -0.3 is 15.5 Å². The molecule has 0 spiro atoms. The van der Waals surface area contributed by atoms with Crippen LogP contribution in [0.15, 0.2) is 24.3 Å². The molecule has 1 unspecified atom stereocenters. The molecule has 6 nitrogen and oxygen atoms in total. The van der Waals surface area contributed by atoms with Crippen LogP contribution in [-0.4, -0.2) is 41.8 Å². The van der Waals surface area contributed by atoms with E-state index in [2.05, 4.69) is 10.6 Å². The van der Waals surface area contributed by atoms with Crippen molar-refractivity contribution in [1.82, 2.24) is 10.2 Å². The first kappa shape index (κ1) is 20.4. The van der Waals surface area contributed by atoms with Gasteiger partial charge in [-0.25, -0.2) is 0 Å². The zero-order valence-electron chi connectivity index (χ0n) is 16.7. The van der Waals surface area contributed by atoms with Crippen LogP contribution in [0.1, 0.15) is 68.6 Å². The molecular formula is C22H31N3O3. The molecule has 2 aliphatic rings. The summed E-state index contributed by atoms with van der Waals surface area (Å²) < 4.78 is 0. The first-order valence-electron chi connectivity index (χ1n) is 10.5. The number of likely N-dealkylation sites (tertiary alicyclic amines) is 1. The summed E-state index contributed by atoms with van der Waals surface area (Å²) in [5, 5.41) is 5.94. The predicted molar refractivity (Wildman–Crippen MR) is 109 cm³/mol. The molecule has 1 aromatic rings. The highest BCUT2D eigenvalue weighted by Gasteiger charge is 2.30. The molecule has 152 valence electrons. The summed E-state index contributed by atoms with van der Waals surface area (Å²) in [5.41, 5.74) is 1.25. The smallest absolute Gasteiger partial charge is 0.253 e. The van der Waals surface area contributed by atoms with Gasteiger partial charge in [-0.1, -0.05) is 25.7 Å². The molecule has 0 aromatic heterocycles. The molecule has 1 aromatic carbocycles. The van der Waals surface area contributed by atoms with Gasteiger partial charge in [0.15, 0.2) is 0 Å². The molecule has 1 aliphatic carbocycles. The third-order valence-corrected chi connectivity index (χ3v) is 5.73. The second kappa shape index (κ2) is 9.71. The molecule has 0 radical (unpaired) electrons. The summed E-state index contributed by atoms with van der Waals surface area (Å²) >= 11 is 0. The van der Waals surface area contributed by atoms with Crippen LogP contribution in [0.2, 0.25) is 0 Å². The molecular weight excluding hydrogens is 354 g/mol. The lowest BCUT2D eigenvalue weighted by Gasteiger charge is -2.33. The van der Waals surface area contributed by atoms with Crippen molar-refractivity contribution < 1.29 is 14.4 Å². The summed E-state index contributed by atoms with van der Waals surface area (Å²) in [6.07, 6.45) is 8.73. The Kier molecular flexibility index (Phi) is 7.06. The fraction of sp³-hybridized carbons (Fsp3) is 0.591. The summed E-state index contributed by atoms with van der Waals surface area (Å²) in [6.45, 7) is 2.61. The van der Waals surface area contributed by atoms with Crippen LogP contribution in [0.5, 0.6) is 0 Å². The summed E-state index contributed by atoms with van der Waals surface area (Å²) in [4.78, 5) is 38.5. The van der Waals surface area contributed by atoms with E-state index in [1.807, 2.05) is 0 Å². The molecule has 1 atom stereocenters. The van der Waals surface area contributed by atoms with E-state index < -0.39 is 0 Å². The van der Waals surface area contributed by atoms with E-state index in [0.29, 0.717) is 30.4 Å². The third kappa shape index (κ3) is 5.57. The summed E-state index contributed by atoms with van der Waals surface area (Å²) in [7, 11) is 0. The fourth-order valence-corrected chi connectivity index (χ4v) is 4.20. The lowest BCUT2D eigenvalue weighted by atomic mass is 9.95. The largest absolute Gasteiger partial charge is 0.353 e. The highest BCUT2D eigenvalue weighted by Crippen LogP contribution is 2.22. The Bertz CT molecular complexity index is 693. The number of benzene rings is 1. The second-order valence-electron chi connectivity index (χ2n) is 8.05. The van der Waals surface area contributed by atoms with Crippen molar-refractivity contribution in [3.63, 3.8) is 0 Å². The quantitative estimate of drug-likeness (QED) is 0.780. The van der Waals surface area contributed by atoms with Crippen molar-refractivity contribution in [3.8, 4) is 0 Å². The number of rotatable bonds is 4. The summed E-state index contributed by atoms with van der Waals surface area (Å²) in [6, 6.07) is 7.21. The van der Waals surface area contributed by atoms with Gasteiger partial charge in [-0.05, 0) is 49.9 Å². The predicted octanol–water partition coefficient (Wildman–Crippen LogP) is 3.34. The van der Waals surface area contributed by atoms with Gasteiger partial charge in [-0.3, -0.25) is 14.4 Å². The molecule has 1 aliphatic heterocycles. The van der Waals surface area contributed by atoms with E-state index in [9.17, 15) is 14.4 Å². The van der Waals surface area contributed by atoms with E-state index in [0.717, 1.165) is 25.7 Å². The molecule has 1 saturated heterocycles. The summed E-state index contributed by atoms with van der Waals surface area (Å²) in [5.74, 6) is -0.219. The molecule has 2 fully saturated rings. The number of carbonyl (C=O) groups excluding carboxylic acids is 3. The van der Waals surface area contributed by atoms with E-state index in [1.54, 1.807) is 29.2 Å². The minimum atomic E-state index is -0.141. The number of carbonyl (C=O) groups is 3. The molecule has 3 amide bonds. The van der Waals surface area contributed by atoms with Crippen molar-refractivity contribution in [2.45, 2.75) is 64.3 Å². The fourth-order valence-electron chi connectivity index (χ4n) is 4.20. The van der Waals surface area contributed by atoms with Crippen LogP contribution >= 0.6 is 0 Å². The topological polar surface area (TPSA) is 78.5 Å². The molecule has 0 bridgehead atoms. The lowest BCUT2D eigenvalue weighted by Crippen LogP contribution is -2.47. The van der Waals surface area contributed by atoms with E-state index in [4.69, 9.17) is 0 Å². The first-order valence-corrected chi connectivity index (χ1v) is 10.5. The van der Waals surface area contributed by atoms with Gasteiger partial charge in [0.1, 0.15) is 0 Å². The number of hydrogen-bond acceptors (Lipinski definition) is 3. The highest BCUT2D eigenvalue weighted by molar-refractivity contribution is 5.96. The van der Waals surface area contributed by atoms with Crippen LogP contribution in [0, 0.1) is 5.92 Å². The van der Waals surface area contributed by atoms with Crippen molar-refractivity contribution in [2.75, 3.05) is 18.4 Å². The van der Waals surface area contributed by atoms with Crippen molar-refractivity contribution in [2.24, 2.45) is 5.92 Å². The zero-order valence-corrected chi connectivity index (χ0v) is 16.7. The minimum absolute atomic E-state index is 0.0543. The van der Waals surface area contributed by atoms with Gasteiger partial charge in [0.2, 0.25) is 11.8 Å². The van der Waals surface area contributed by atoms with Crippen LogP contribution < -0.4 is 10.6 Å². The Balaban J connectivity index is 1.56. The van der Waals surface area contributed by atoms with Gasteiger partial charge in [0, 0.05) is 37.3 Å². The van der Waals surface area contributed by atoms with Gasteiger partial charge in [0.05, 0.1) is 5.92 Å². The SMILES string of the molecule is CC(=O)Nc1ccc(C(=O)N2CCCC(C(=O)NC3CCCCCC3)C2)cc1. The van der Waals surface area contributed by atoms with Crippen molar-refractivity contribution in [1.29, 1.82) is 0 Å². The molecule has 1 saturated carbocycles. The van der Waals surface area contributed by atoms with E-state index >= 15 is 0 Å². The number of hydrogen-bond donors (Lipinski definition) is 2. The van der Waals surface area contributed by atoms with Crippen LogP contribution in [0.25, 0.3) is 0 Å². The molecule has 1 heterocycles. The average molecular weight is 386 g/mol. The number of nitrogens with zero attached hydrogens (tertiary/aromatic N) is 1. The Morgan fingerprint density at radius 1 is 0.929 bits per heavy atom. The maximum atomic E-state index is 12.8. The second-order valence-corrected chi connectivity index (χ2v) is 8.05. The number of anilines is 1. The molecule has 3 rings (SSSR count). The Hall–Kier alpha value is -2.37. The van der Waals surface area contributed by atoms with Crippen molar-refractivity contribution >= 4 is 23.4 Å². The first-order chi connectivity index (χ1) is 13.5. The number of nitrogens with one attached hydrogen (secondary N) is 2. The van der Waals surface area contributed by atoms with E-state index in [-0.39, 0.29) is 23.6 Å². The van der Waals surface area contributed by atoms with E-state index in [1.165, 1.54) is 32.6 Å². The molecule has 6 heteroatoms. The lowest BCUT2D eigenvalue weighted by molar-refractivity contribution is -0.127. The maximum absolute atomic E-state index is 12.8. The van der Waals surface area contributed by atoms with Gasteiger partial charge in [-0.2, -0.15) is 0 Å². The van der Waals surface area contributed by atoms with Gasteiger partial charge in [-0.15, -0.1) is 0 Å². The van der Waals surface area contributed by atoms with Crippen LogP contribution in [0.4, 0.5) is 5.69 Å². The monoisotopic (exact) mass is 385 g/mol. The van der Waals surface area contributed by atoms with Crippen LogP contribution in [0.3, 0.4) is 0 Å². The maximum Gasteiger partial charge on any atom is 0.253 e. The molecule has 28 heavy (non-hydrogen) atoms. The highest BCUT2D eigenvalue weighted by atomic mass is 16.2. The van der Waals surface area contributed by atoms with Crippen molar-refractivity contribution in [3.05, 3.63) is 29.8 Å². The number of amides is 3. The Morgan fingerprint density at radius 3 is 2.25 bits per heavy atom. The number of piperidine rings is 1. The minimum Gasteiger partial charge on any atom is -0.353 e. The normalized spacial score (nSPS) is 20.9. The Morgan fingerprint density at radius 2 is 1.61 bits per heavy atom. The standard InChI is InChI=1S/C22H31N3O3/c1-16(26)23-20-12-10-17(11-13-20)22(28)25-14-6-7-18(15-25)21(27)24-19-8-4-2-3-5-9-19/h10-13,18-19H,2-9,14-15H2,1H3,(H,23,26)(H,24,27). The van der Waals surface area contributed by atoms with Gasteiger partial charge >= 0.3 is 0 Å². The molecule has 2 N–H and O–H groups in total. The van der Waals surface area contributed by atoms with Crippen LogP contribution in [-0.2, 0) is 9.59 Å². The Labute approximate surface area is 167 Å². The van der Waals surface area contributed by atoms with Gasteiger partial charge in [0.25, 0.3) is 5.91 Å².